The molecule has 1 aliphatic carbocycles. The van der Waals surface area contributed by atoms with Crippen LogP contribution < -0.4 is 10.5 Å². The summed E-state index contributed by atoms with van der Waals surface area (Å²) >= 11 is 19.3. The van der Waals surface area contributed by atoms with Crippen LogP contribution in [0, 0.1) is 0 Å². The average Bonchev–Trinajstić information content (AvgIpc) is 2.78. The highest BCUT2D eigenvalue weighted by Crippen LogP contribution is 2.27. The Morgan fingerprint density at radius 1 is 1.09 bits per heavy atom. The van der Waals surface area contributed by atoms with E-state index in [1.807, 2.05) is 24.3 Å². The van der Waals surface area contributed by atoms with Crippen molar-refractivity contribution in [2.75, 3.05) is 6.61 Å². The maximum absolute atomic E-state index is 12.0. The van der Waals surface area contributed by atoms with Crippen molar-refractivity contribution in [1.82, 2.24) is 4.72 Å². The Hall–Kier alpha value is -2.12. The number of benzene rings is 2. The third-order valence-electron chi connectivity index (χ3n) is 4.73. The first-order chi connectivity index (χ1) is 15.5. The second-order valence-corrected chi connectivity index (χ2v) is 9.09. The standard InChI is InChI=1S/C23H22Cl3N3O2S/c24-18-6-8-20(9-7-18)32-29-23(30)31-11-10-15-2-1-3-16(13-27)22(15)28-14-17-4-5-19(25)12-21(17)26/h4-10,12-13H,1-3,11,14,27H2,(H,29,30)/b15-10+,16-13?,28-22?. The molecule has 1 saturated carbocycles. The van der Waals surface area contributed by atoms with E-state index < -0.39 is 6.09 Å². The second kappa shape index (κ2) is 12.2. The number of carbonyl (C=O) groups is 1. The first kappa shape index (κ1) is 24.5. The summed E-state index contributed by atoms with van der Waals surface area (Å²) in [7, 11) is 0. The van der Waals surface area contributed by atoms with Gasteiger partial charge in [0.05, 0.1) is 12.3 Å². The minimum Gasteiger partial charge on any atom is -0.445 e. The molecule has 3 N–H and O–H groups in total. The smallest absolute Gasteiger partial charge is 0.417 e. The quantitative estimate of drug-likeness (QED) is 0.411. The van der Waals surface area contributed by atoms with Crippen LogP contribution in [-0.2, 0) is 11.3 Å². The molecular formula is C23H22Cl3N3O2S. The van der Waals surface area contributed by atoms with E-state index in [0.717, 1.165) is 58.5 Å². The highest BCUT2D eigenvalue weighted by molar-refractivity contribution is 7.98. The maximum atomic E-state index is 12.0. The van der Waals surface area contributed by atoms with Crippen LogP contribution in [0.1, 0.15) is 24.8 Å². The molecule has 1 fully saturated rings. The summed E-state index contributed by atoms with van der Waals surface area (Å²) in [6.45, 7) is 0.528. The van der Waals surface area contributed by atoms with E-state index in [0.29, 0.717) is 21.6 Å². The van der Waals surface area contributed by atoms with Crippen LogP contribution in [0.5, 0.6) is 0 Å². The molecule has 0 spiro atoms. The van der Waals surface area contributed by atoms with E-state index in [4.69, 9.17) is 50.3 Å². The van der Waals surface area contributed by atoms with Crippen molar-refractivity contribution in [3.8, 4) is 0 Å². The summed E-state index contributed by atoms with van der Waals surface area (Å²) < 4.78 is 7.93. The Kier molecular flexibility index (Phi) is 9.36. The van der Waals surface area contributed by atoms with Gasteiger partial charge in [-0.3, -0.25) is 9.71 Å². The van der Waals surface area contributed by atoms with E-state index in [9.17, 15) is 4.79 Å². The van der Waals surface area contributed by atoms with Crippen LogP contribution in [0.15, 0.2) is 75.8 Å². The second-order valence-electron chi connectivity index (χ2n) is 6.93. The molecule has 0 aliphatic heterocycles. The molecule has 32 heavy (non-hydrogen) atoms. The maximum Gasteiger partial charge on any atom is 0.417 e. The van der Waals surface area contributed by atoms with E-state index in [-0.39, 0.29) is 6.61 Å². The topological polar surface area (TPSA) is 76.7 Å². The highest BCUT2D eigenvalue weighted by Gasteiger charge is 2.18. The van der Waals surface area contributed by atoms with Gasteiger partial charge < -0.3 is 10.5 Å². The third-order valence-corrected chi connectivity index (χ3v) is 6.35. The molecule has 5 nitrogen and oxygen atoms in total. The van der Waals surface area contributed by atoms with Crippen LogP contribution in [0.3, 0.4) is 0 Å². The molecule has 0 unspecified atom stereocenters. The molecule has 0 radical (unpaired) electrons. The lowest BCUT2D eigenvalue weighted by atomic mass is 9.88. The number of amides is 1. The Morgan fingerprint density at radius 3 is 2.53 bits per heavy atom. The van der Waals surface area contributed by atoms with Crippen molar-refractivity contribution in [3.63, 3.8) is 0 Å². The number of hydrogen-bond acceptors (Lipinski definition) is 5. The fourth-order valence-electron chi connectivity index (χ4n) is 3.14. The zero-order valence-corrected chi connectivity index (χ0v) is 20.2. The van der Waals surface area contributed by atoms with E-state index in [1.54, 1.807) is 30.5 Å². The summed E-state index contributed by atoms with van der Waals surface area (Å²) in [4.78, 5) is 17.6. The van der Waals surface area contributed by atoms with E-state index in [2.05, 4.69) is 4.72 Å². The number of rotatable bonds is 6. The minimum atomic E-state index is -0.529. The zero-order valence-electron chi connectivity index (χ0n) is 17.1. The number of nitrogens with one attached hydrogen (secondary N) is 1. The Morgan fingerprint density at radius 2 is 1.81 bits per heavy atom. The first-order valence-corrected chi connectivity index (χ1v) is 11.9. The van der Waals surface area contributed by atoms with Gasteiger partial charge in [0.15, 0.2) is 0 Å². The van der Waals surface area contributed by atoms with Gasteiger partial charge >= 0.3 is 6.09 Å². The van der Waals surface area contributed by atoms with Gasteiger partial charge in [-0.05, 0) is 96.6 Å². The largest absolute Gasteiger partial charge is 0.445 e. The van der Waals surface area contributed by atoms with Crippen LogP contribution in [0.25, 0.3) is 0 Å². The molecule has 0 bridgehead atoms. The fourth-order valence-corrected chi connectivity index (χ4v) is 4.27. The predicted molar refractivity (Wildman–Crippen MR) is 134 cm³/mol. The monoisotopic (exact) mass is 509 g/mol. The molecule has 3 rings (SSSR count). The van der Waals surface area contributed by atoms with Crippen LogP contribution in [0.4, 0.5) is 4.79 Å². The number of halogens is 3. The Balaban J connectivity index is 1.61. The van der Waals surface area contributed by atoms with Gasteiger partial charge in [-0.2, -0.15) is 0 Å². The van der Waals surface area contributed by atoms with Crippen LogP contribution in [-0.4, -0.2) is 18.4 Å². The molecule has 1 amide bonds. The minimum absolute atomic E-state index is 0.126. The van der Waals surface area contributed by atoms with Crippen molar-refractivity contribution in [2.24, 2.45) is 10.7 Å². The van der Waals surface area contributed by atoms with Crippen LogP contribution in [0.2, 0.25) is 15.1 Å². The van der Waals surface area contributed by atoms with Gasteiger partial charge in [0, 0.05) is 20.0 Å². The molecule has 0 aromatic heterocycles. The van der Waals surface area contributed by atoms with Gasteiger partial charge in [-0.1, -0.05) is 40.9 Å². The lowest BCUT2D eigenvalue weighted by Gasteiger charge is -2.20. The number of nitrogens with two attached hydrogens (primary N) is 1. The molecule has 2 aromatic rings. The van der Waals surface area contributed by atoms with Gasteiger partial charge in [0.25, 0.3) is 0 Å². The van der Waals surface area contributed by atoms with Crippen molar-refractivity contribution in [2.45, 2.75) is 30.7 Å². The molecule has 168 valence electrons. The summed E-state index contributed by atoms with van der Waals surface area (Å²) in [6, 6.07) is 12.5. The van der Waals surface area contributed by atoms with Gasteiger partial charge in [0.1, 0.15) is 6.61 Å². The van der Waals surface area contributed by atoms with Gasteiger partial charge in [-0.25, -0.2) is 4.79 Å². The average molecular weight is 511 g/mol. The van der Waals surface area contributed by atoms with E-state index >= 15 is 0 Å². The summed E-state index contributed by atoms with van der Waals surface area (Å²) in [5, 5.41) is 1.79. The van der Waals surface area contributed by atoms with Crippen molar-refractivity contribution in [3.05, 3.63) is 86.5 Å². The number of carbonyl (C=O) groups excluding carboxylic acids is 1. The summed E-state index contributed by atoms with van der Waals surface area (Å²) in [6.07, 6.45) is 5.56. The number of allylic oxidation sites excluding steroid dienone is 2. The lowest BCUT2D eigenvalue weighted by Crippen LogP contribution is -2.19. The van der Waals surface area contributed by atoms with Gasteiger partial charge in [-0.15, -0.1) is 0 Å². The zero-order chi connectivity index (χ0) is 22.9. The molecule has 0 atom stereocenters. The number of hydrogen-bond donors (Lipinski definition) is 2. The Bertz CT molecular complexity index is 1050. The van der Waals surface area contributed by atoms with Crippen molar-refractivity contribution in [1.29, 1.82) is 0 Å². The number of nitrogens with zero attached hydrogens (tertiary/aromatic N) is 1. The number of aliphatic imine (C=N–C) groups is 1. The Labute approximate surface area is 206 Å². The predicted octanol–water partition coefficient (Wildman–Crippen LogP) is 6.97. The molecule has 0 heterocycles. The summed E-state index contributed by atoms with van der Waals surface area (Å²) in [5.41, 5.74) is 9.50. The molecular weight excluding hydrogens is 489 g/mol. The normalized spacial score (nSPS) is 17.7. The molecule has 2 aromatic carbocycles. The lowest BCUT2D eigenvalue weighted by molar-refractivity contribution is 0.165. The first-order valence-electron chi connectivity index (χ1n) is 9.90. The van der Waals surface area contributed by atoms with Crippen LogP contribution >= 0.6 is 46.8 Å². The van der Waals surface area contributed by atoms with E-state index in [1.165, 1.54) is 0 Å². The molecule has 9 heteroatoms. The van der Waals surface area contributed by atoms with Gasteiger partial charge in [0.2, 0.25) is 0 Å². The molecule has 1 aliphatic rings. The summed E-state index contributed by atoms with van der Waals surface area (Å²) in [5.74, 6) is 0. The highest BCUT2D eigenvalue weighted by atomic mass is 35.5. The molecule has 0 saturated heterocycles. The number of ether oxygens (including phenoxy) is 1. The third kappa shape index (κ3) is 7.20. The van der Waals surface area contributed by atoms with Crippen molar-refractivity contribution < 1.29 is 9.53 Å². The fraction of sp³-hybridized carbons (Fsp3) is 0.217. The van der Waals surface area contributed by atoms with Crippen molar-refractivity contribution >= 4 is 58.6 Å². The SMILES string of the molecule is NC=C1CCC/C(=C\COC(=O)NSc2ccc(Cl)cc2)C1=NCc1ccc(Cl)cc1Cl.